The summed E-state index contributed by atoms with van der Waals surface area (Å²) in [6, 6.07) is 9.05. The second kappa shape index (κ2) is 17.0. The highest BCUT2D eigenvalue weighted by molar-refractivity contribution is 7.86. The van der Waals surface area contributed by atoms with Crippen molar-refractivity contribution in [3.8, 4) is 0 Å². The van der Waals surface area contributed by atoms with E-state index in [0.29, 0.717) is 12.0 Å². The quantitative estimate of drug-likeness (QED) is 0.203. The van der Waals surface area contributed by atoms with Crippen LogP contribution >= 0.6 is 0 Å². The zero-order chi connectivity index (χ0) is 19.8. The Hall–Kier alpha value is -0.910. The lowest BCUT2D eigenvalue weighted by Gasteiger charge is -2.14. The smallest absolute Gasteiger partial charge is 0.271 e. The Morgan fingerprint density at radius 1 is 0.714 bits per heavy atom. The Morgan fingerprint density at radius 2 is 1.11 bits per heavy atom. The number of unbranched alkanes of at least 4 members (excludes halogenated alkanes) is 13. The molecule has 1 unspecified atom stereocenters. The van der Waals surface area contributed by atoms with Crippen molar-refractivity contribution in [1.82, 2.24) is 6.15 Å². The molecule has 164 valence electrons. The summed E-state index contributed by atoms with van der Waals surface area (Å²) in [5, 5.41) is -0.781. The monoisotopic (exact) mass is 413 g/mol. The summed E-state index contributed by atoms with van der Waals surface area (Å²) in [5.74, 6) is 0. The molecule has 0 saturated carbocycles. The molecule has 0 aliphatic rings. The minimum Gasteiger partial charge on any atom is -0.344 e. The van der Waals surface area contributed by atoms with Crippen molar-refractivity contribution >= 4 is 10.1 Å². The van der Waals surface area contributed by atoms with Crippen molar-refractivity contribution in [2.45, 2.75) is 108 Å². The molecule has 0 fully saturated rings. The fraction of sp³-hybridized carbons (Fsp3) is 0.739. The maximum atomic E-state index is 11.7. The zero-order valence-electron chi connectivity index (χ0n) is 17.9. The molecule has 0 saturated heterocycles. The van der Waals surface area contributed by atoms with Gasteiger partial charge in [0, 0.05) is 0 Å². The van der Waals surface area contributed by atoms with Gasteiger partial charge >= 0.3 is 0 Å². The third kappa shape index (κ3) is 13.3. The third-order valence-electron chi connectivity index (χ3n) is 5.35. The van der Waals surface area contributed by atoms with Crippen molar-refractivity contribution in [1.29, 1.82) is 0 Å². The van der Waals surface area contributed by atoms with Gasteiger partial charge in [0.05, 0.1) is 0 Å². The molecule has 0 spiro atoms. The Balaban J connectivity index is 0.00000729. The highest BCUT2D eigenvalue weighted by Crippen LogP contribution is 2.27. The molecular weight excluding hydrogens is 370 g/mol. The Bertz CT molecular complexity index is 560. The standard InChI is InChI=1S/C23H40O3S.H3N/c1-2-3-4-5-6-7-8-9-10-11-12-13-14-18-21-23(27(24,25)26)22-19-16-15-17-20-22;/h15-17,19-20,23H,2-14,18,21H2,1H3,(H,24,25,26);1H3. The van der Waals surface area contributed by atoms with Crippen LogP contribution in [0.25, 0.3) is 0 Å². The molecule has 1 aromatic carbocycles. The molecule has 4 nitrogen and oxygen atoms in total. The van der Waals surface area contributed by atoms with Gasteiger partial charge in [0.15, 0.2) is 0 Å². The fourth-order valence-electron chi connectivity index (χ4n) is 3.68. The van der Waals surface area contributed by atoms with Gasteiger partial charge in [-0.25, -0.2) is 0 Å². The van der Waals surface area contributed by atoms with Crippen LogP contribution in [0.4, 0.5) is 0 Å². The van der Waals surface area contributed by atoms with Gasteiger partial charge in [-0.15, -0.1) is 0 Å². The van der Waals surface area contributed by atoms with Gasteiger partial charge in [-0.2, -0.15) is 8.42 Å². The minimum atomic E-state index is -4.04. The second-order valence-electron chi connectivity index (χ2n) is 7.80. The number of hydrogen-bond donors (Lipinski definition) is 2. The average molecular weight is 414 g/mol. The van der Waals surface area contributed by atoms with Crippen LogP contribution in [0.15, 0.2) is 30.3 Å². The van der Waals surface area contributed by atoms with Gasteiger partial charge in [0.2, 0.25) is 0 Å². The first-order chi connectivity index (χ1) is 13.1. The summed E-state index contributed by atoms with van der Waals surface area (Å²) in [6.45, 7) is 2.26. The van der Waals surface area contributed by atoms with Crippen LogP contribution < -0.4 is 6.15 Å². The van der Waals surface area contributed by atoms with Crippen LogP contribution in [-0.4, -0.2) is 13.0 Å². The molecule has 0 bridgehead atoms. The highest BCUT2D eigenvalue weighted by atomic mass is 32.2. The Kier molecular flexibility index (Phi) is 16.4. The first-order valence-electron chi connectivity index (χ1n) is 11.1. The third-order valence-corrected chi connectivity index (χ3v) is 6.58. The van der Waals surface area contributed by atoms with Crippen molar-refractivity contribution in [2.24, 2.45) is 0 Å². The molecule has 5 heteroatoms. The summed E-state index contributed by atoms with van der Waals surface area (Å²) in [6.07, 6.45) is 18.4. The first-order valence-corrected chi connectivity index (χ1v) is 12.6. The van der Waals surface area contributed by atoms with Gasteiger partial charge < -0.3 is 6.15 Å². The summed E-state index contributed by atoms with van der Waals surface area (Å²) >= 11 is 0. The van der Waals surface area contributed by atoms with Crippen LogP contribution in [0, 0.1) is 0 Å². The largest absolute Gasteiger partial charge is 0.344 e. The molecule has 0 heterocycles. The predicted octanol–water partition coefficient (Wildman–Crippen LogP) is 7.65. The second-order valence-corrected chi connectivity index (χ2v) is 9.40. The molecule has 1 rings (SSSR count). The van der Waals surface area contributed by atoms with Crippen LogP contribution in [0.1, 0.15) is 114 Å². The van der Waals surface area contributed by atoms with E-state index in [4.69, 9.17) is 0 Å². The molecular formula is C23H43NO3S. The van der Waals surface area contributed by atoms with E-state index < -0.39 is 15.4 Å². The van der Waals surface area contributed by atoms with Gasteiger partial charge in [-0.3, -0.25) is 4.55 Å². The van der Waals surface area contributed by atoms with E-state index in [-0.39, 0.29) is 6.15 Å². The molecule has 0 radical (unpaired) electrons. The van der Waals surface area contributed by atoms with Crippen LogP contribution in [-0.2, 0) is 10.1 Å². The fourth-order valence-corrected chi connectivity index (χ4v) is 4.65. The summed E-state index contributed by atoms with van der Waals surface area (Å²) in [4.78, 5) is 0. The van der Waals surface area contributed by atoms with E-state index in [9.17, 15) is 13.0 Å². The minimum absolute atomic E-state index is 0. The predicted molar refractivity (Wildman–Crippen MR) is 121 cm³/mol. The number of rotatable bonds is 17. The molecule has 1 atom stereocenters. The van der Waals surface area contributed by atoms with Gasteiger partial charge in [-0.1, -0.05) is 127 Å². The highest BCUT2D eigenvalue weighted by Gasteiger charge is 2.24. The lowest BCUT2D eigenvalue weighted by atomic mass is 10.0. The number of hydrogen-bond acceptors (Lipinski definition) is 3. The van der Waals surface area contributed by atoms with E-state index in [0.717, 1.165) is 19.3 Å². The van der Waals surface area contributed by atoms with Gasteiger partial charge in [0.25, 0.3) is 10.1 Å². The SMILES string of the molecule is CCCCCCCCCCCCCCCCC(c1ccccc1)S(=O)(=O)O.N. The van der Waals surface area contributed by atoms with E-state index in [1.165, 1.54) is 70.6 Å². The number of benzene rings is 1. The topological polar surface area (TPSA) is 89.4 Å². The molecule has 0 aromatic heterocycles. The maximum absolute atomic E-state index is 11.7. The Labute approximate surface area is 173 Å². The Morgan fingerprint density at radius 3 is 1.50 bits per heavy atom. The molecule has 0 amide bonds. The summed E-state index contributed by atoms with van der Waals surface area (Å²) in [7, 11) is -4.04. The molecule has 4 N–H and O–H groups in total. The first kappa shape index (κ1) is 27.1. The lowest BCUT2D eigenvalue weighted by Crippen LogP contribution is -2.12. The lowest BCUT2D eigenvalue weighted by molar-refractivity contribution is 0.458. The molecule has 0 aliphatic heterocycles. The molecule has 0 aliphatic carbocycles. The van der Waals surface area contributed by atoms with Crippen LogP contribution in [0.3, 0.4) is 0 Å². The van der Waals surface area contributed by atoms with E-state index in [2.05, 4.69) is 6.92 Å². The van der Waals surface area contributed by atoms with E-state index in [1.54, 1.807) is 12.1 Å². The van der Waals surface area contributed by atoms with Crippen molar-refractivity contribution in [2.75, 3.05) is 0 Å². The summed E-state index contributed by atoms with van der Waals surface area (Å²) < 4.78 is 32.8. The van der Waals surface area contributed by atoms with Crippen molar-refractivity contribution in [3.63, 3.8) is 0 Å². The maximum Gasteiger partial charge on any atom is 0.271 e. The summed E-state index contributed by atoms with van der Waals surface area (Å²) in [5.41, 5.74) is 0.690. The van der Waals surface area contributed by atoms with Gasteiger partial charge in [0.1, 0.15) is 5.25 Å². The van der Waals surface area contributed by atoms with E-state index >= 15 is 0 Å². The van der Waals surface area contributed by atoms with Crippen molar-refractivity contribution in [3.05, 3.63) is 35.9 Å². The van der Waals surface area contributed by atoms with Crippen LogP contribution in [0.2, 0.25) is 0 Å². The van der Waals surface area contributed by atoms with Crippen molar-refractivity contribution < 1.29 is 13.0 Å². The van der Waals surface area contributed by atoms with E-state index in [1.807, 2.05) is 18.2 Å². The average Bonchev–Trinajstić information content (AvgIpc) is 2.64. The molecule has 28 heavy (non-hydrogen) atoms. The van der Waals surface area contributed by atoms with Gasteiger partial charge in [-0.05, 0) is 12.0 Å². The zero-order valence-corrected chi connectivity index (χ0v) is 18.8. The van der Waals surface area contributed by atoms with Crippen LogP contribution in [0.5, 0.6) is 0 Å². The normalized spacial score (nSPS) is 12.5. The molecule has 1 aromatic rings.